The molecule has 5 nitrogen and oxygen atoms in total. The third-order valence-corrected chi connectivity index (χ3v) is 2.48. The van der Waals surface area contributed by atoms with Gasteiger partial charge in [0.05, 0.1) is 6.42 Å². The maximum absolute atomic E-state index is 12.7. The molecule has 0 aliphatic heterocycles. The lowest BCUT2D eigenvalue weighted by atomic mass is 10.1. The fourth-order valence-electron chi connectivity index (χ4n) is 1.51. The monoisotopic (exact) mass is 266 g/mol. The number of amides is 1. The summed E-state index contributed by atoms with van der Waals surface area (Å²) in [5.74, 6) is 0.285. The van der Waals surface area contributed by atoms with Crippen molar-refractivity contribution in [2.75, 3.05) is 27.2 Å². The van der Waals surface area contributed by atoms with Crippen LogP contribution in [0.2, 0.25) is 0 Å². The van der Waals surface area contributed by atoms with E-state index in [1.54, 1.807) is 26.2 Å². The summed E-state index contributed by atoms with van der Waals surface area (Å²) in [6, 6.07) is 5.91. The van der Waals surface area contributed by atoms with E-state index in [9.17, 15) is 9.18 Å². The Morgan fingerprint density at radius 3 is 2.42 bits per heavy atom. The fourth-order valence-corrected chi connectivity index (χ4v) is 1.51. The molecule has 104 valence electrons. The second kappa shape index (κ2) is 8.07. The Labute approximate surface area is 112 Å². The quantitative estimate of drug-likeness (QED) is 0.407. The second-order valence-corrected chi connectivity index (χ2v) is 3.90. The molecule has 0 aromatic heterocycles. The third-order valence-electron chi connectivity index (χ3n) is 2.48. The standard InChI is InChI=1S/C13H19FN4O/c1-15-13(16-2)18-8-7-17-12(19)9-10-3-5-11(14)6-4-10/h3-6H,7-9H2,1-2H3,(H,17,19)(H2,15,16,18). The summed E-state index contributed by atoms with van der Waals surface area (Å²) in [5, 5.41) is 8.67. The van der Waals surface area contributed by atoms with Crippen LogP contribution in [0.25, 0.3) is 0 Å². The van der Waals surface area contributed by atoms with Gasteiger partial charge in [-0.2, -0.15) is 0 Å². The van der Waals surface area contributed by atoms with Gasteiger partial charge in [-0.3, -0.25) is 9.79 Å². The van der Waals surface area contributed by atoms with E-state index in [0.29, 0.717) is 19.0 Å². The predicted octanol–water partition coefficient (Wildman–Crippen LogP) is 0.279. The van der Waals surface area contributed by atoms with Crippen molar-refractivity contribution in [3.8, 4) is 0 Å². The summed E-state index contributed by atoms with van der Waals surface area (Å²) in [4.78, 5) is 15.5. The van der Waals surface area contributed by atoms with Gasteiger partial charge in [-0.25, -0.2) is 4.39 Å². The van der Waals surface area contributed by atoms with E-state index < -0.39 is 0 Å². The highest BCUT2D eigenvalue weighted by Gasteiger charge is 2.03. The van der Waals surface area contributed by atoms with Gasteiger partial charge in [0, 0.05) is 27.2 Å². The highest BCUT2D eigenvalue weighted by atomic mass is 19.1. The lowest BCUT2D eigenvalue weighted by Gasteiger charge is -2.09. The molecule has 6 heteroatoms. The minimum atomic E-state index is -0.299. The van der Waals surface area contributed by atoms with Gasteiger partial charge in [0.15, 0.2) is 5.96 Å². The number of hydrogen-bond donors (Lipinski definition) is 3. The first-order chi connectivity index (χ1) is 9.15. The molecule has 0 radical (unpaired) electrons. The van der Waals surface area contributed by atoms with E-state index in [-0.39, 0.29) is 18.1 Å². The van der Waals surface area contributed by atoms with Crippen molar-refractivity contribution in [1.82, 2.24) is 16.0 Å². The first-order valence-corrected chi connectivity index (χ1v) is 6.05. The molecule has 1 aromatic carbocycles. The first-order valence-electron chi connectivity index (χ1n) is 6.05. The number of nitrogens with one attached hydrogen (secondary N) is 3. The lowest BCUT2D eigenvalue weighted by Crippen LogP contribution is -2.40. The van der Waals surface area contributed by atoms with E-state index in [2.05, 4.69) is 20.9 Å². The van der Waals surface area contributed by atoms with Gasteiger partial charge >= 0.3 is 0 Å². The van der Waals surface area contributed by atoms with Gasteiger partial charge in [0.1, 0.15) is 5.82 Å². The van der Waals surface area contributed by atoms with E-state index in [0.717, 1.165) is 5.56 Å². The summed E-state index contributed by atoms with van der Waals surface area (Å²) in [6.07, 6.45) is 0.251. The molecule has 0 bridgehead atoms. The SMILES string of the molecule is CN=C(NC)NCCNC(=O)Cc1ccc(F)cc1. The number of aliphatic imine (C=N–C) groups is 1. The van der Waals surface area contributed by atoms with E-state index in [1.165, 1.54) is 12.1 Å². The van der Waals surface area contributed by atoms with Gasteiger partial charge in [0.25, 0.3) is 0 Å². The zero-order valence-electron chi connectivity index (χ0n) is 11.2. The molecule has 0 unspecified atom stereocenters. The zero-order valence-corrected chi connectivity index (χ0v) is 11.2. The molecule has 0 saturated carbocycles. The van der Waals surface area contributed by atoms with Gasteiger partial charge < -0.3 is 16.0 Å². The smallest absolute Gasteiger partial charge is 0.224 e. The molecule has 0 saturated heterocycles. The number of carbonyl (C=O) groups excluding carboxylic acids is 1. The molecule has 0 atom stereocenters. The van der Waals surface area contributed by atoms with Crippen LogP contribution < -0.4 is 16.0 Å². The van der Waals surface area contributed by atoms with Crippen molar-refractivity contribution >= 4 is 11.9 Å². The van der Waals surface area contributed by atoms with Gasteiger partial charge in [-0.05, 0) is 17.7 Å². The summed E-state index contributed by atoms with van der Waals surface area (Å²) < 4.78 is 12.7. The Kier molecular flexibility index (Phi) is 6.35. The van der Waals surface area contributed by atoms with Crippen molar-refractivity contribution in [2.45, 2.75) is 6.42 Å². The number of guanidine groups is 1. The molecule has 0 fully saturated rings. The molecular weight excluding hydrogens is 247 g/mol. The van der Waals surface area contributed by atoms with Crippen LogP contribution in [0.5, 0.6) is 0 Å². The van der Waals surface area contributed by atoms with Crippen LogP contribution in [0.15, 0.2) is 29.3 Å². The van der Waals surface area contributed by atoms with Crippen LogP contribution in [0, 0.1) is 5.82 Å². The second-order valence-electron chi connectivity index (χ2n) is 3.90. The first kappa shape index (κ1) is 14.9. The minimum Gasteiger partial charge on any atom is -0.359 e. The highest BCUT2D eigenvalue weighted by molar-refractivity contribution is 5.80. The molecule has 0 heterocycles. The fraction of sp³-hybridized carbons (Fsp3) is 0.385. The average molecular weight is 266 g/mol. The van der Waals surface area contributed by atoms with Gasteiger partial charge in [-0.15, -0.1) is 0 Å². The topological polar surface area (TPSA) is 65.5 Å². The summed E-state index contributed by atoms with van der Waals surface area (Å²) in [7, 11) is 3.44. The number of halogens is 1. The minimum absolute atomic E-state index is 0.0900. The van der Waals surface area contributed by atoms with Crippen LogP contribution >= 0.6 is 0 Å². The molecule has 1 amide bonds. The van der Waals surface area contributed by atoms with Crippen LogP contribution in [-0.2, 0) is 11.2 Å². The maximum atomic E-state index is 12.7. The third kappa shape index (κ3) is 5.85. The Bertz CT molecular complexity index is 431. The largest absolute Gasteiger partial charge is 0.359 e. The number of rotatable bonds is 5. The lowest BCUT2D eigenvalue weighted by molar-refractivity contribution is -0.120. The molecule has 1 aromatic rings. The summed E-state index contributed by atoms with van der Waals surface area (Å²) >= 11 is 0. The highest BCUT2D eigenvalue weighted by Crippen LogP contribution is 2.03. The van der Waals surface area contributed by atoms with Crippen molar-refractivity contribution in [3.05, 3.63) is 35.6 Å². The molecule has 0 spiro atoms. The number of carbonyl (C=O) groups is 1. The number of nitrogens with zero attached hydrogens (tertiary/aromatic N) is 1. The Morgan fingerprint density at radius 1 is 1.21 bits per heavy atom. The number of benzene rings is 1. The predicted molar refractivity (Wildman–Crippen MR) is 73.5 cm³/mol. The molecular formula is C13H19FN4O. The van der Waals surface area contributed by atoms with Crippen molar-refractivity contribution in [1.29, 1.82) is 0 Å². The molecule has 1 rings (SSSR count). The summed E-state index contributed by atoms with van der Waals surface area (Å²) in [5.41, 5.74) is 0.790. The Hall–Kier alpha value is -2.11. The van der Waals surface area contributed by atoms with E-state index >= 15 is 0 Å². The van der Waals surface area contributed by atoms with Gasteiger partial charge in [-0.1, -0.05) is 12.1 Å². The van der Waals surface area contributed by atoms with E-state index in [1.807, 2.05) is 0 Å². The van der Waals surface area contributed by atoms with Crippen molar-refractivity contribution in [3.63, 3.8) is 0 Å². The molecule has 0 aliphatic rings. The van der Waals surface area contributed by atoms with Crippen molar-refractivity contribution in [2.24, 2.45) is 4.99 Å². The Balaban J connectivity index is 2.23. The molecule has 19 heavy (non-hydrogen) atoms. The average Bonchev–Trinajstić information content (AvgIpc) is 2.42. The summed E-state index contributed by atoms with van der Waals surface area (Å²) in [6.45, 7) is 1.09. The molecule has 0 aliphatic carbocycles. The number of hydrogen-bond acceptors (Lipinski definition) is 2. The normalized spacial score (nSPS) is 11.0. The van der Waals surface area contributed by atoms with Gasteiger partial charge in [0.2, 0.25) is 5.91 Å². The van der Waals surface area contributed by atoms with E-state index in [4.69, 9.17) is 0 Å². The maximum Gasteiger partial charge on any atom is 0.224 e. The van der Waals surface area contributed by atoms with Crippen LogP contribution in [0.3, 0.4) is 0 Å². The van der Waals surface area contributed by atoms with Crippen molar-refractivity contribution < 1.29 is 9.18 Å². The van der Waals surface area contributed by atoms with Crippen LogP contribution in [0.4, 0.5) is 4.39 Å². The molecule has 3 N–H and O–H groups in total. The Morgan fingerprint density at radius 2 is 1.84 bits per heavy atom. The van der Waals surface area contributed by atoms with Crippen LogP contribution in [-0.4, -0.2) is 39.1 Å². The van der Waals surface area contributed by atoms with Crippen LogP contribution in [0.1, 0.15) is 5.56 Å². The zero-order chi connectivity index (χ0) is 14.1.